The molecule has 8 heteroatoms. The summed E-state index contributed by atoms with van der Waals surface area (Å²) in [5, 5.41) is 8.55. The molecule has 3 aromatic heterocycles. The van der Waals surface area contributed by atoms with Crippen LogP contribution in [0.2, 0.25) is 10.0 Å². The average Bonchev–Trinajstić information content (AvgIpc) is 3.50. The van der Waals surface area contributed by atoms with Gasteiger partial charge in [-0.3, -0.25) is 0 Å². The number of fused-ring (bicyclic) bond motifs is 10. The van der Waals surface area contributed by atoms with Crippen molar-refractivity contribution in [2.75, 3.05) is 5.32 Å². The van der Waals surface area contributed by atoms with Crippen LogP contribution in [0.5, 0.6) is 11.5 Å². The third-order valence-corrected chi connectivity index (χ3v) is 8.60. The Hall–Kier alpha value is -4.52. The maximum Gasteiger partial charge on any atom is 0.175 e. The number of halogens is 2. The first-order valence-corrected chi connectivity index (χ1v) is 13.8. The zero-order chi connectivity index (χ0) is 26.7. The molecule has 0 spiro atoms. The number of para-hydroxylation sites is 2. The number of anilines is 2. The number of hydrogen-bond acceptors (Lipinski definition) is 5. The zero-order valence-corrected chi connectivity index (χ0v) is 22.6. The molecule has 1 N–H and O–H groups in total. The second kappa shape index (κ2) is 7.78. The van der Waals surface area contributed by atoms with E-state index in [-0.39, 0.29) is 0 Å². The summed E-state index contributed by atoms with van der Waals surface area (Å²) in [5.41, 5.74) is 7.45. The van der Waals surface area contributed by atoms with Crippen LogP contribution in [0.25, 0.3) is 65.8 Å². The highest BCUT2D eigenvalue weighted by Gasteiger charge is 2.28. The Morgan fingerprint density at radius 2 is 1.60 bits per heavy atom. The topological polar surface area (TPSA) is 65.1 Å². The number of benzene rings is 5. The molecule has 0 atom stereocenters. The van der Waals surface area contributed by atoms with Crippen LogP contribution in [0, 0.1) is 0 Å². The first kappa shape index (κ1) is 22.3. The minimum atomic E-state index is 0.333. The Bertz CT molecular complexity index is 2410. The second-order valence-electron chi connectivity index (χ2n) is 10.0. The van der Waals surface area contributed by atoms with E-state index in [2.05, 4.69) is 59.3 Å². The van der Waals surface area contributed by atoms with Crippen molar-refractivity contribution in [1.82, 2.24) is 14.5 Å². The van der Waals surface area contributed by atoms with Gasteiger partial charge in [-0.05, 0) is 31.2 Å². The van der Waals surface area contributed by atoms with Crippen LogP contribution in [0.15, 0.2) is 77.2 Å². The van der Waals surface area contributed by atoms with Gasteiger partial charge in [0.05, 0.1) is 22.2 Å². The lowest BCUT2D eigenvalue weighted by Gasteiger charge is -2.24. The minimum Gasteiger partial charge on any atom is -0.451 e. The summed E-state index contributed by atoms with van der Waals surface area (Å²) >= 11 is 13.9. The van der Waals surface area contributed by atoms with Gasteiger partial charge in [-0.2, -0.15) is 0 Å². The summed E-state index contributed by atoms with van der Waals surface area (Å²) in [7, 11) is 0. The molecule has 40 heavy (non-hydrogen) atoms. The molecule has 1 aliphatic heterocycles. The van der Waals surface area contributed by atoms with Crippen molar-refractivity contribution in [3.63, 3.8) is 0 Å². The smallest absolute Gasteiger partial charge is 0.175 e. The van der Waals surface area contributed by atoms with E-state index >= 15 is 0 Å². The summed E-state index contributed by atoms with van der Waals surface area (Å²) in [6.07, 6.45) is 0. The van der Waals surface area contributed by atoms with Gasteiger partial charge in [0, 0.05) is 45.7 Å². The number of nitrogens with zero attached hydrogens (tertiary/aromatic N) is 3. The minimum absolute atomic E-state index is 0.333. The Morgan fingerprint density at radius 1 is 0.775 bits per heavy atom. The molecule has 6 nitrogen and oxygen atoms in total. The number of nitrogens with one attached hydrogen (secondary N) is 1. The SMILES string of the molecule is CCn1c2ccccc2c2cc3c(cc21)Oc1c(c(Cl)c2oc4cc5nc6ccccc6c5cc4nc2c1Cl)N3. The highest BCUT2D eigenvalue weighted by Crippen LogP contribution is 2.53. The van der Waals surface area contributed by atoms with Crippen LogP contribution < -0.4 is 10.1 Å². The third-order valence-electron chi connectivity index (χ3n) is 7.89. The van der Waals surface area contributed by atoms with Crippen LogP contribution in [-0.4, -0.2) is 14.5 Å². The van der Waals surface area contributed by atoms with Crippen LogP contribution in [0.3, 0.4) is 0 Å². The second-order valence-corrected chi connectivity index (χ2v) is 10.8. The first-order chi connectivity index (χ1) is 19.6. The van der Waals surface area contributed by atoms with Crippen molar-refractivity contribution >= 4 is 100 Å². The van der Waals surface area contributed by atoms with Crippen molar-refractivity contribution in [2.24, 2.45) is 0 Å². The molecule has 4 heterocycles. The number of aromatic nitrogens is 3. The van der Waals surface area contributed by atoms with E-state index in [4.69, 9.17) is 42.3 Å². The highest BCUT2D eigenvalue weighted by molar-refractivity contribution is 6.43. The zero-order valence-electron chi connectivity index (χ0n) is 21.0. The van der Waals surface area contributed by atoms with Gasteiger partial charge in [0.2, 0.25) is 0 Å². The summed E-state index contributed by atoms with van der Waals surface area (Å²) in [6.45, 7) is 2.98. The molecule has 0 fully saturated rings. The van der Waals surface area contributed by atoms with Crippen molar-refractivity contribution in [2.45, 2.75) is 13.5 Å². The van der Waals surface area contributed by atoms with E-state index in [9.17, 15) is 0 Å². The predicted octanol–water partition coefficient (Wildman–Crippen LogP) is 9.97. The molecule has 0 amide bonds. The Labute approximate surface area is 236 Å². The molecular formula is C32H18Cl2N4O2. The summed E-state index contributed by atoms with van der Waals surface area (Å²) < 4.78 is 15.1. The van der Waals surface area contributed by atoms with E-state index in [0.717, 1.165) is 44.9 Å². The van der Waals surface area contributed by atoms with Crippen molar-refractivity contribution in [1.29, 1.82) is 0 Å². The van der Waals surface area contributed by atoms with Crippen molar-refractivity contribution in [3.8, 4) is 11.5 Å². The molecular weight excluding hydrogens is 543 g/mol. The standard InChI is InChI=1S/C32H18Cl2N4O2/c1-2-38-23-10-6-4-8-16(23)18-12-22-26(14-24(18)38)40-32-28(34)29-31(27(33)30(32)37-22)39-25-13-20-17(11-21(25)36-29)15-7-3-5-9-19(15)35-20/h3-14,37H,2H2,1H3. The van der Waals surface area contributed by atoms with E-state index in [1.54, 1.807) is 0 Å². The van der Waals surface area contributed by atoms with Gasteiger partial charge in [0.15, 0.2) is 22.7 Å². The van der Waals surface area contributed by atoms with Crippen LogP contribution in [-0.2, 0) is 6.54 Å². The van der Waals surface area contributed by atoms with Gasteiger partial charge in [-0.1, -0.05) is 59.6 Å². The summed E-state index contributed by atoms with van der Waals surface area (Å²) in [6, 6.07) is 24.5. The fraction of sp³-hybridized carbons (Fsp3) is 0.0625. The molecule has 0 saturated heterocycles. The summed E-state index contributed by atoms with van der Waals surface area (Å²) in [4.78, 5) is 9.65. The number of hydrogen-bond donors (Lipinski definition) is 1. The van der Waals surface area contributed by atoms with Crippen molar-refractivity contribution < 1.29 is 9.15 Å². The van der Waals surface area contributed by atoms with Gasteiger partial charge in [0.25, 0.3) is 0 Å². The quantitative estimate of drug-likeness (QED) is 0.202. The monoisotopic (exact) mass is 560 g/mol. The number of ether oxygens (including phenoxy) is 1. The molecule has 8 aromatic rings. The molecule has 0 radical (unpaired) electrons. The molecule has 9 rings (SSSR count). The van der Waals surface area contributed by atoms with E-state index in [1.165, 1.54) is 10.9 Å². The van der Waals surface area contributed by atoms with Gasteiger partial charge >= 0.3 is 0 Å². The maximum absolute atomic E-state index is 6.97. The van der Waals surface area contributed by atoms with E-state index < -0.39 is 0 Å². The van der Waals surface area contributed by atoms with Gasteiger partial charge in [0.1, 0.15) is 26.8 Å². The van der Waals surface area contributed by atoms with E-state index in [0.29, 0.717) is 49.4 Å². The molecule has 0 unspecified atom stereocenters. The fourth-order valence-electron chi connectivity index (χ4n) is 6.07. The number of aryl methyl sites for hydroxylation is 1. The van der Waals surface area contributed by atoms with Gasteiger partial charge < -0.3 is 19.0 Å². The fourth-order valence-corrected chi connectivity index (χ4v) is 6.59. The third kappa shape index (κ3) is 2.84. The molecule has 5 aromatic carbocycles. The molecule has 192 valence electrons. The van der Waals surface area contributed by atoms with Gasteiger partial charge in [-0.25, -0.2) is 9.97 Å². The molecule has 0 aliphatic carbocycles. The number of rotatable bonds is 1. The Kier molecular flexibility index (Phi) is 4.34. The Morgan fingerprint density at radius 3 is 2.48 bits per heavy atom. The molecule has 1 aliphatic rings. The summed E-state index contributed by atoms with van der Waals surface area (Å²) in [5.74, 6) is 1.09. The normalized spacial score (nSPS) is 12.9. The van der Waals surface area contributed by atoms with Crippen molar-refractivity contribution in [3.05, 3.63) is 82.8 Å². The Balaban J connectivity index is 1.28. The highest BCUT2D eigenvalue weighted by atomic mass is 35.5. The lowest BCUT2D eigenvalue weighted by molar-refractivity contribution is 0.482. The lowest BCUT2D eigenvalue weighted by Crippen LogP contribution is -2.05. The van der Waals surface area contributed by atoms with Crippen LogP contribution in [0.1, 0.15) is 6.92 Å². The predicted molar refractivity (Wildman–Crippen MR) is 163 cm³/mol. The van der Waals surface area contributed by atoms with Crippen LogP contribution in [0.4, 0.5) is 11.4 Å². The lowest BCUT2D eigenvalue weighted by atomic mass is 10.1. The maximum atomic E-state index is 6.97. The van der Waals surface area contributed by atoms with E-state index in [1.807, 2.05) is 30.3 Å². The molecule has 0 saturated carbocycles. The largest absolute Gasteiger partial charge is 0.451 e. The average molecular weight is 561 g/mol. The first-order valence-electron chi connectivity index (χ1n) is 13.0. The molecule has 0 bridgehead atoms. The van der Waals surface area contributed by atoms with Gasteiger partial charge in [-0.15, -0.1) is 0 Å². The van der Waals surface area contributed by atoms with Crippen LogP contribution >= 0.6 is 23.2 Å².